The molecule has 0 radical (unpaired) electrons. The summed E-state index contributed by atoms with van der Waals surface area (Å²) in [6.45, 7) is 11.8. The summed E-state index contributed by atoms with van der Waals surface area (Å²) in [5.41, 5.74) is -0.941. The van der Waals surface area contributed by atoms with Gasteiger partial charge in [0, 0.05) is 24.2 Å². The van der Waals surface area contributed by atoms with Crippen LogP contribution in [0.25, 0.3) is 0 Å². The molecule has 3 saturated carbocycles. The topological polar surface area (TPSA) is 66.8 Å². The molecular formula is C17H26O4. The van der Waals surface area contributed by atoms with Gasteiger partial charge in [0.15, 0.2) is 0 Å². The third-order valence-electron chi connectivity index (χ3n) is 6.46. The van der Waals surface area contributed by atoms with E-state index in [4.69, 9.17) is 4.74 Å². The lowest BCUT2D eigenvalue weighted by molar-refractivity contribution is -0.155. The zero-order valence-electron chi connectivity index (χ0n) is 13.3. The number of hydrogen-bond donors (Lipinski definition) is 2. The molecule has 0 aromatic carbocycles. The second-order valence-corrected chi connectivity index (χ2v) is 8.17. The van der Waals surface area contributed by atoms with Gasteiger partial charge in [0.25, 0.3) is 0 Å². The Kier molecular flexibility index (Phi) is 2.94. The number of aliphatic hydroxyl groups is 2. The number of ether oxygens (including phenoxy) is 1. The molecule has 118 valence electrons. The second-order valence-electron chi connectivity index (χ2n) is 8.17. The van der Waals surface area contributed by atoms with Crippen molar-refractivity contribution in [1.29, 1.82) is 0 Å². The van der Waals surface area contributed by atoms with E-state index in [9.17, 15) is 15.0 Å². The molecule has 0 aliphatic heterocycles. The normalized spacial score (nSPS) is 50.9. The minimum absolute atomic E-state index is 0.0449. The first kappa shape index (κ1) is 15.0. The quantitative estimate of drug-likeness (QED) is 0.574. The fourth-order valence-electron chi connectivity index (χ4n) is 5.85. The van der Waals surface area contributed by atoms with Crippen molar-refractivity contribution in [2.45, 2.75) is 64.8 Å². The number of carbonyl (C=O) groups excluding carboxylic acids is 1. The zero-order chi connectivity index (χ0) is 15.8. The van der Waals surface area contributed by atoms with Crippen molar-refractivity contribution in [1.82, 2.24) is 0 Å². The highest BCUT2D eigenvalue weighted by molar-refractivity contribution is 5.66. The highest BCUT2D eigenvalue weighted by atomic mass is 16.5. The molecule has 0 heterocycles. The van der Waals surface area contributed by atoms with Crippen molar-refractivity contribution in [3.63, 3.8) is 0 Å². The molecule has 6 atom stereocenters. The van der Waals surface area contributed by atoms with Crippen molar-refractivity contribution in [2.24, 2.45) is 22.7 Å². The summed E-state index contributed by atoms with van der Waals surface area (Å²) in [6, 6.07) is 0. The number of hydrogen-bond acceptors (Lipinski definition) is 4. The summed E-state index contributed by atoms with van der Waals surface area (Å²) in [5.74, 6) is -0.615. The van der Waals surface area contributed by atoms with Gasteiger partial charge in [-0.15, -0.1) is 0 Å². The molecule has 0 spiro atoms. The lowest BCUT2D eigenvalue weighted by Crippen LogP contribution is -2.46. The van der Waals surface area contributed by atoms with Crippen LogP contribution in [0.5, 0.6) is 0 Å². The van der Waals surface area contributed by atoms with Gasteiger partial charge in [-0.05, 0) is 30.3 Å². The van der Waals surface area contributed by atoms with E-state index < -0.39 is 11.7 Å². The first-order valence-electron chi connectivity index (χ1n) is 7.82. The molecule has 2 N–H and O–H groups in total. The van der Waals surface area contributed by atoms with Gasteiger partial charge < -0.3 is 14.9 Å². The third-order valence-corrected chi connectivity index (χ3v) is 6.46. The lowest BCUT2D eigenvalue weighted by atomic mass is 9.66. The second kappa shape index (κ2) is 4.11. The van der Waals surface area contributed by atoms with Crippen LogP contribution in [-0.4, -0.2) is 34.0 Å². The average Bonchev–Trinajstić information content (AvgIpc) is 2.80. The first-order valence-corrected chi connectivity index (χ1v) is 7.82. The van der Waals surface area contributed by atoms with Crippen LogP contribution in [-0.2, 0) is 9.53 Å². The Morgan fingerprint density at radius 2 is 1.95 bits per heavy atom. The molecule has 0 saturated heterocycles. The number of fused-ring (bicyclic) bond motifs is 3. The van der Waals surface area contributed by atoms with Gasteiger partial charge in [-0.3, -0.25) is 4.79 Å². The van der Waals surface area contributed by atoms with Crippen molar-refractivity contribution >= 4 is 5.97 Å². The van der Waals surface area contributed by atoms with Crippen LogP contribution in [0.1, 0.15) is 47.0 Å². The summed E-state index contributed by atoms with van der Waals surface area (Å²) in [7, 11) is 0. The van der Waals surface area contributed by atoms with Crippen LogP contribution in [0.15, 0.2) is 12.2 Å². The van der Waals surface area contributed by atoms with Crippen molar-refractivity contribution in [3.05, 3.63) is 12.2 Å². The Morgan fingerprint density at radius 1 is 1.33 bits per heavy atom. The fraction of sp³-hybridized carbons (Fsp3) is 0.824. The van der Waals surface area contributed by atoms with Crippen LogP contribution in [0, 0.1) is 22.7 Å². The summed E-state index contributed by atoms with van der Waals surface area (Å²) in [6.07, 6.45) is 1.27. The largest absolute Gasteiger partial charge is 0.462 e. The monoisotopic (exact) mass is 294 g/mol. The van der Waals surface area contributed by atoms with Crippen LogP contribution in [0.4, 0.5) is 0 Å². The van der Waals surface area contributed by atoms with E-state index in [1.165, 1.54) is 6.92 Å². The minimum Gasteiger partial charge on any atom is -0.462 e. The summed E-state index contributed by atoms with van der Waals surface area (Å²) < 4.78 is 5.65. The Morgan fingerprint density at radius 3 is 2.52 bits per heavy atom. The van der Waals surface area contributed by atoms with Crippen LogP contribution >= 0.6 is 0 Å². The van der Waals surface area contributed by atoms with Gasteiger partial charge in [-0.1, -0.05) is 27.4 Å². The molecule has 3 rings (SSSR count). The molecule has 0 aromatic rings. The Hall–Kier alpha value is -0.870. The van der Waals surface area contributed by atoms with Crippen LogP contribution in [0.2, 0.25) is 0 Å². The Balaban J connectivity index is 2.14. The maximum Gasteiger partial charge on any atom is 0.302 e. The van der Waals surface area contributed by atoms with Crippen molar-refractivity contribution in [3.8, 4) is 0 Å². The van der Waals surface area contributed by atoms with Gasteiger partial charge in [0.1, 0.15) is 6.10 Å². The Bertz CT molecular complexity index is 511. The molecule has 0 bridgehead atoms. The van der Waals surface area contributed by atoms with E-state index in [2.05, 4.69) is 27.4 Å². The summed E-state index contributed by atoms with van der Waals surface area (Å²) in [5, 5.41) is 21.7. The van der Waals surface area contributed by atoms with Crippen molar-refractivity contribution in [2.75, 3.05) is 0 Å². The highest BCUT2D eigenvalue weighted by Gasteiger charge is 2.75. The number of rotatable bonds is 1. The standard InChI is InChI=1S/C17H26O4/c1-9-12(19)8-11-13(21-10(2)18)16(5)7-6-15(3,4)14(16)17(9,11)20/h11-14,19-20H,1,6-8H2,2-5H3/t11-,12+,13+,14+,16+,17-/m1/s1. The number of esters is 1. The fourth-order valence-corrected chi connectivity index (χ4v) is 5.85. The molecule has 4 heteroatoms. The van der Waals surface area contributed by atoms with Gasteiger partial charge in [-0.2, -0.15) is 0 Å². The van der Waals surface area contributed by atoms with Gasteiger partial charge in [0.2, 0.25) is 0 Å². The maximum absolute atomic E-state index is 11.6. The lowest BCUT2D eigenvalue weighted by Gasteiger charge is -2.41. The van der Waals surface area contributed by atoms with Gasteiger partial charge in [-0.25, -0.2) is 0 Å². The van der Waals surface area contributed by atoms with E-state index in [0.717, 1.165) is 12.8 Å². The van der Waals surface area contributed by atoms with E-state index in [1.807, 2.05) is 0 Å². The molecule has 0 aromatic heterocycles. The highest BCUT2D eigenvalue weighted by Crippen LogP contribution is 2.71. The van der Waals surface area contributed by atoms with E-state index in [1.54, 1.807) is 0 Å². The molecule has 3 fully saturated rings. The average molecular weight is 294 g/mol. The first-order chi connectivity index (χ1) is 9.55. The predicted octanol–water partition coefficient (Wildman–Crippen LogP) is 2.04. The smallest absolute Gasteiger partial charge is 0.302 e. The zero-order valence-corrected chi connectivity index (χ0v) is 13.3. The van der Waals surface area contributed by atoms with Crippen LogP contribution in [0.3, 0.4) is 0 Å². The van der Waals surface area contributed by atoms with Crippen LogP contribution < -0.4 is 0 Å². The SMILES string of the molecule is C=C1[C@@H](O)C[C@@H]2[C@H](OC(C)=O)[C@]3(C)CCC(C)(C)[C@@H]3[C@@]12O. The van der Waals surface area contributed by atoms with E-state index >= 15 is 0 Å². The number of aliphatic hydroxyl groups excluding tert-OH is 1. The predicted molar refractivity (Wildman–Crippen MR) is 78.4 cm³/mol. The van der Waals surface area contributed by atoms with E-state index in [0.29, 0.717) is 12.0 Å². The molecule has 3 aliphatic carbocycles. The van der Waals surface area contributed by atoms with E-state index in [-0.39, 0.29) is 34.7 Å². The van der Waals surface area contributed by atoms with Gasteiger partial charge in [0.05, 0.1) is 11.7 Å². The number of carbonyl (C=O) groups is 1. The van der Waals surface area contributed by atoms with Gasteiger partial charge >= 0.3 is 5.97 Å². The summed E-state index contributed by atoms with van der Waals surface area (Å²) >= 11 is 0. The van der Waals surface area contributed by atoms with Crippen molar-refractivity contribution < 1.29 is 19.7 Å². The molecule has 0 unspecified atom stereocenters. The molecule has 0 amide bonds. The maximum atomic E-state index is 11.6. The molecule has 3 aliphatic rings. The third kappa shape index (κ3) is 1.66. The molecule has 21 heavy (non-hydrogen) atoms. The Labute approximate surface area is 126 Å². The summed E-state index contributed by atoms with van der Waals surface area (Å²) in [4.78, 5) is 11.6. The molecule has 4 nitrogen and oxygen atoms in total. The minimum atomic E-state index is -1.13. The molecular weight excluding hydrogens is 268 g/mol.